The van der Waals surface area contributed by atoms with Crippen molar-refractivity contribution in [2.24, 2.45) is 0 Å². The molecule has 0 radical (unpaired) electrons. The summed E-state index contributed by atoms with van der Waals surface area (Å²) in [7, 11) is 0. The summed E-state index contributed by atoms with van der Waals surface area (Å²) in [6.07, 6.45) is 1.89. The van der Waals surface area contributed by atoms with Gasteiger partial charge >= 0.3 is 0 Å². The van der Waals surface area contributed by atoms with E-state index >= 15 is 0 Å². The minimum absolute atomic E-state index is 0.0447. The maximum atomic E-state index is 13.1. The molecule has 4 nitrogen and oxygen atoms in total. The highest BCUT2D eigenvalue weighted by molar-refractivity contribution is 5.92. The van der Waals surface area contributed by atoms with Crippen LogP contribution in [0, 0.1) is 5.82 Å². The highest BCUT2D eigenvalue weighted by atomic mass is 19.1. The number of aliphatic hydroxyl groups excluding tert-OH is 1. The normalized spacial score (nSPS) is 16.2. The predicted molar refractivity (Wildman–Crippen MR) is 119 cm³/mol. The smallest absolute Gasteiger partial charge is 0.272 e. The standard InChI is InChI=1S/C26H27FN2O2/c1-17(2)22-5-3-4-6-24(22)18-7-9-23(20(13-18)16-30)19-11-12-29(15-19)26(31)25-10-8-21(27)14-28-25/h3-10,13-14,17,19,30H,11-12,15-16H2,1-2H3/t19-/m0/s1. The van der Waals surface area contributed by atoms with Crippen molar-refractivity contribution in [3.8, 4) is 11.1 Å². The van der Waals surface area contributed by atoms with E-state index < -0.39 is 5.82 Å². The average Bonchev–Trinajstić information content (AvgIpc) is 3.28. The van der Waals surface area contributed by atoms with Crippen LogP contribution in [0.4, 0.5) is 4.39 Å². The summed E-state index contributed by atoms with van der Waals surface area (Å²) < 4.78 is 13.1. The minimum atomic E-state index is -0.456. The molecular formula is C26H27FN2O2. The topological polar surface area (TPSA) is 53.4 Å². The third kappa shape index (κ3) is 4.37. The zero-order valence-electron chi connectivity index (χ0n) is 17.9. The van der Waals surface area contributed by atoms with E-state index in [-0.39, 0.29) is 24.1 Å². The van der Waals surface area contributed by atoms with E-state index in [0.29, 0.717) is 19.0 Å². The van der Waals surface area contributed by atoms with Crippen molar-refractivity contribution in [1.29, 1.82) is 0 Å². The van der Waals surface area contributed by atoms with Crippen molar-refractivity contribution in [2.75, 3.05) is 13.1 Å². The van der Waals surface area contributed by atoms with Crippen molar-refractivity contribution in [1.82, 2.24) is 9.88 Å². The number of hydrogen-bond acceptors (Lipinski definition) is 3. The van der Waals surface area contributed by atoms with Gasteiger partial charge in [-0.3, -0.25) is 4.79 Å². The predicted octanol–water partition coefficient (Wildman–Crippen LogP) is 5.13. The molecule has 1 atom stereocenters. The van der Waals surface area contributed by atoms with Gasteiger partial charge in [0.05, 0.1) is 12.8 Å². The van der Waals surface area contributed by atoms with Gasteiger partial charge in [0.1, 0.15) is 11.5 Å². The number of carbonyl (C=O) groups excluding carboxylic acids is 1. The Kier molecular flexibility index (Phi) is 6.14. The van der Waals surface area contributed by atoms with E-state index in [1.165, 1.54) is 23.3 Å². The Morgan fingerprint density at radius 1 is 1.19 bits per heavy atom. The molecule has 31 heavy (non-hydrogen) atoms. The molecule has 3 aromatic rings. The molecule has 1 aliphatic heterocycles. The third-order valence-corrected chi connectivity index (χ3v) is 6.07. The highest BCUT2D eigenvalue weighted by Crippen LogP contribution is 2.35. The molecule has 4 rings (SSSR count). The number of pyridine rings is 1. The van der Waals surface area contributed by atoms with Gasteiger partial charge in [-0.15, -0.1) is 0 Å². The fraction of sp³-hybridized carbons (Fsp3) is 0.308. The number of amides is 1. The van der Waals surface area contributed by atoms with Crippen molar-refractivity contribution in [2.45, 2.75) is 38.7 Å². The van der Waals surface area contributed by atoms with Gasteiger partial charge in [-0.2, -0.15) is 0 Å². The van der Waals surface area contributed by atoms with Crippen LogP contribution in [0.1, 0.15) is 59.3 Å². The monoisotopic (exact) mass is 418 g/mol. The van der Waals surface area contributed by atoms with Crippen LogP contribution < -0.4 is 0 Å². The molecule has 1 aromatic heterocycles. The van der Waals surface area contributed by atoms with E-state index in [9.17, 15) is 14.3 Å². The second-order valence-corrected chi connectivity index (χ2v) is 8.41. The molecule has 1 amide bonds. The number of halogens is 1. The van der Waals surface area contributed by atoms with Gasteiger partial charge in [-0.05, 0) is 58.4 Å². The molecule has 1 aliphatic rings. The Bertz CT molecular complexity index is 1080. The van der Waals surface area contributed by atoms with Crippen molar-refractivity contribution in [3.05, 3.63) is 89.0 Å². The third-order valence-electron chi connectivity index (χ3n) is 6.07. The number of likely N-dealkylation sites (tertiary alicyclic amines) is 1. The Morgan fingerprint density at radius 3 is 2.71 bits per heavy atom. The van der Waals surface area contributed by atoms with Gasteiger partial charge in [0, 0.05) is 19.0 Å². The maximum absolute atomic E-state index is 13.1. The summed E-state index contributed by atoms with van der Waals surface area (Å²) >= 11 is 0. The first-order valence-corrected chi connectivity index (χ1v) is 10.7. The molecule has 160 valence electrons. The summed E-state index contributed by atoms with van der Waals surface area (Å²) in [5.41, 5.74) is 5.79. The average molecular weight is 419 g/mol. The molecule has 0 saturated carbocycles. The molecular weight excluding hydrogens is 391 g/mol. The lowest BCUT2D eigenvalue weighted by atomic mass is 9.88. The molecule has 5 heteroatoms. The molecule has 0 spiro atoms. The Labute approximate surface area is 182 Å². The second-order valence-electron chi connectivity index (χ2n) is 8.41. The number of aromatic nitrogens is 1. The van der Waals surface area contributed by atoms with Gasteiger partial charge in [-0.25, -0.2) is 9.37 Å². The number of aliphatic hydroxyl groups is 1. The van der Waals surface area contributed by atoms with Gasteiger partial charge in [-0.1, -0.05) is 50.2 Å². The lowest BCUT2D eigenvalue weighted by molar-refractivity contribution is 0.0785. The van der Waals surface area contributed by atoms with Crippen molar-refractivity contribution in [3.63, 3.8) is 0 Å². The highest BCUT2D eigenvalue weighted by Gasteiger charge is 2.30. The van der Waals surface area contributed by atoms with Crippen LogP contribution in [-0.2, 0) is 6.61 Å². The Hall–Kier alpha value is -3.05. The summed E-state index contributed by atoms with van der Waals surface area (Å²) in [5.74, 6) is -0.0815. The van der Waals surface area contributed by atoms with E-state index in [4.69, 9.17) is 0 Å². The van der Waals surface area contributed by atoms with Crippen LogP contribution in [0.2, 0.25) is 0 Å². The first-order valence-electron chi connectivity index (χ1n) is 10.7. The summed E-state index contributed by atoms with van der Waals surface area (Å²) in [6, 6.07) is 17.3. The fourth-order valence-electron chi connectivity index (χ4n) is 4.43. The van der Waals surface area contributed by atoms with Gasteiger partial charge < -0.3 is 10.0 Å². The molecule has 1 saturated heterocycles. The van der Waals surface area contributed by atoms with E-state index in [1.807, 2.05) is 6.07 Å². The molecule has 2 heterocycles. The SMILES string of the molecule is CC(C)c1ccccc1-c1ccc([C@H]2CCN(C(=O)c3ccc(F)cn3)C2)c(CO)c1. The molecule has 2 aromatic carbocycles. The zero-order chi connectivity index (χ0) is 22.0. The van der Waals surface area contributed by atoms with Crippen LogP contribution in [0.25, 0.3) is 11.1 Å². The summed E-state index contributed by atoms with van der Waals surface area (Å²) in [5, 5.41) is 10.1. The van der Waals surface area contributed by atoms with Crippen LogP contribution in [0.3, 0.4) is 0 Å². The zero-order valence-corrected chi connectivity index (χ0v) is 17.9. The van der Waals surface area contributed by atoms with Crippen LogP contribution in [0.5, 0.6) is 0 Å². The van der Waals surface area contributed by atoms with Gasteiger partial charge in [0.2, 0.25) is 0 Å². The molecule has 0 aliphatic carbocycles. The first kappa shape index (κ1) is 21.2. The largest absolute Gasteiger partial charge is 0.392 e. The first-order chi connectivity index (χ1) is 15.0. The molecule has 1 N–H and O–H groups in total. The fourth-order valence-corrected chi connectivity index (χ4v) is 4.43. The quantitative estimate of drug-likeness (QED) is 0.625. The number of hydrogen-bond donors (Lipinski definition) is 1. The van der Waals surface area contributed by atoms with Gasteiger partial charge in [0.25, 0.3) is 5.91 Å². The van der Waals surface area contributed by atoms with Crippen molar-refractivity contribution >= 4 is 5.91 Å². The second kappa shape index (κ2) is 8.98. The van der Waals surface area contributed by atoms with Crippen LogP contribution in [-0.4, -0.2) is 34.0 Å². The maximum Gasteiger partial charge on any atom is 0.272 e. The lowest BCUT2D eigenvalue weighted by Crippen LogP contribution is -2.29. The van der Waals surface area contributed by atoms with Crippen molar-refractivity contribution < 1.29 is 14.3 Å². The van der Waals surface area contributed by atoms with Crippen LogP contribution >= 0.6 is 0 Å². The summed E-state index contributed by atoms with van der Waals surface area (Å²) in [4.78, 5) is 18.4. The minimum Gasteiger partial charge on any atom is -0.392 e. The number of carbonyl (C=O) groups is 1. The summed E-state index contributed by atoms with van der Waals surface area (Å²) in [6.45, 7) is 5.50. The van der Waals surface area contributed by atoms with Gasteiger partial charge in [0.15, 0.2) is 0 Å². The lowest BCUT2D eigenvalue weighted by Gasteiger charge is -2.19. The number of benzene rings is 2. The van der Waals surface area contributed by atoms with E-state index in [1.54, 1.807) is 4.90 Å². The van der Waals surface area contributed by atoms with Crippen LogP contribution in [0.15, 0.2) is 60.8 Å². The number of nitrogens with zero attached hydrogens (tertiary/aromatic N) is 2. The van der Waals surface area contributed by atoms with E-state index in [0.717, 1.165) is 29.3 Å². The van der Waals surface area contributed by atoms with E-state index in [2.05, 4.69) is 55.2 Å². The Balaban J connectivity index is 1.57. The molecule has 0 unspecified atom stereocenters. The number of rotatable bonds is 5. The molecule has 1 fully saturated rings. The molecule has 0 bridgehead atoms. The Morgan fingerprint density at radius 2 is 2.00 bits per heavy atom.